The monoisotopic (exact) mass is 429 g/mol. The highest BCUT2D eigenvalue weighted by atomic mass is 35.5. The topological polar surface area (TPSA) is 61.4 Å². The van der Waals surface area contributed by atoms with Gasteiger partial charge in [-0.05, 0) is 61.6 Å². The van der Waals surface area contributed by atoms with Crippen LogP contribution in [0, 0.1) is 5.82 Å². The highest BCUT2D eigenvalue weighted by Gasteiger charge is 2.40. The SMILES string of the molecule is O=C(CNC(=O)c1cccc(F)c1)NC1C[C@H]2CC[C@@H](C1)N2Cc1ccc(Cl)cc1. The van der Waals surface area contributed by atoms with Crippen LogP contribution in [0.25, 0.3) is 0 Å². The molecular formula is C23H25ClFN3O2. The van der Waals surface area contributed by atoms with Gasteiger partial charge in [-0.2, -0.15) is 0 Å². The van der Waals surface area contributed by atoms with Crippen LogP contribution < -0.4 is 10.6 Å². The first-order valence-corrected chi connectivity index (χ1v) is 10.7. The van der Waals surface area contributed by atoms with Gasteiger partial charge in [-0.3, -0.25) is 14.5 Å². The number of halogens is 2. The first-order chi connectivity index (χ1) is 14.5. The third kappa shape index (κ3) is 4.99. The number of nitrogens with one attached hydrogen (secondary N) is 2. The summed E-state index contributed by atoms with van der Waals surface area (Å²) in [6.45, 7) is 0.784. The van der Waals surface area contributed by atoms with Gasteiger partial charge >= 0.3 is 0 Å². The minimum absolute atomic E-state index is 0.113. The lowest BCUT2D eigenvalue weighted by molar-refractivity contribution is -0.121. The Kier molecular flexibility index (Phi) is 6.35. The molecule has 0 saturated carbocycles. The standard InChI is InChI=1S/C23H25ClFN3O2/c24-17-6-4-15(5-7-17)14-28-20-8-9-21(28)12-19(11-20)27-22(29)13-26-23(30)16-2-1-3-18(25)10-16/h1-7,10,19-21H,8-9,11-14H2,(H,26,30)(H,27,29)/t19?,20-,21+. The van der Waals surface area contributed by atoms with E-state index in [4.69, 9.17) is 11.6 Å². The molecule has 2 N–H and O–H groups in total. The molecule has 0 aromatic heterocycles. The van der Waals surface area contributed by atoms with Crippen molar-refractivity contribution in [3.8, 4) is 0 Å². The second kappa shape index (κ2) is 9.14. The molecule has 5 nitrogen and oxygen atoms in total. The van der Waals surface area contributed by atoms with Crippen molar-refractivity contribution in [2.75, 3.05) is 6.54 Å². The van der Waals surface area contributed by atoms with Crippen molar-refractivity contribution >= 4 is 23.4 Å². The molecule has 2 aliphatic rings. The van der Waals surface area contributed by atoms with E-state index in [1.807, 2.05) is 12.1 Å². The smallest absolute Gasteiger partial charge is 0.251 e. The van der Waals surface area contributed by atoms with Gasteiger partial charge < -0.3 is 10.6 Å². The number of nitrogens with zero attached hydrogens (tertiary/aromatic N) is 1. The van der Waals surface area contributed by atoms with Crippen LogP contribution >= 0.6 is 11.6 Å². The highest BCUT2D eigenvalue weighted by Crippen LogP contribution is 2.36. The molecule has 0 radical (unpaired) electrons. The predicted octanol–water partition coefficient (Wildman–Crippen LogP) is 3.52. The van der Waals surface area contributed by atoms with Gasteiger partial charge in [0.25, 0.3) is 5.91 Å². The lowest BCUT2D eigenvalue weighted by Gasteiger charge is -2.39. The number of carbonyl (C=O) groups is 2. The van der Waals surface area contributed by atoms with Crippen LogP contribution in [0.5, 0.6) is 0 Å². The molecule has 2 aromatic rings. The Morgan fingerprint density at radius 2 is 1.77 bits per heavy atom. The Hall–Kier alpha value is -2.44. The molecule has 4 rings (SSSR count). The van der Waals surface area contributed by atoms with E-state index in [9.17, 15) is 14.0 Å². The summed E-state index contributed by atoms with van der Waals surface area (Å²) in [7, 11) is 0. The molecule has 30 heavy (non-hydrogen) atoms. The normalized spacial score (nSPS) is 23.2. The van der Waals surface area contributed by atoms with E-state index in [1.165, 1.54) is 23.8 Å². The van der Waals surface area contributed by atoms with Crippen LogP contribution in [0.4, 0.5) is 4.39 Å². The number of piperidine rings is 1. The molecule has 1 unspecified atom stereocenters. The molecule has 2 amide bonds. The van der Waals surface area contributed by atoms with Crippen molar-refractivity contribution in [2.45, 2.75) is 50.4 Å². The fraction of sp³-hybridized carbons (Fsp3) is 0.391. The molecule has 0 aliphatic carbocycles. The number of hydrogen-bond acceptors (Lipinski definition) is 3. The van der Waals surface area contributed by atoms with Crippen molar-refractivity contribution in [1.29, 1.82) is 0 Å². The summed E-state index contributed by atoms with van der Waals surface area (Å²) in [5.41, 5.74) is 1.45. The average Bonchev–Trinajstić information content (AvgIpc) is 2.95. The van der Waals surface area contributed by atoms with Crippen LogP contribution in [0.2, 0.25) is 5.02 Å². The summed E-state index contributed by atoms with van der Waals surface area (Å²) in [5.74, 6) is -1.15. The quantitative estimate of drug-likeness (QED) is 0.738. The number of benzene rings is 2. The Balaban J connectivity index is 1.26. The Labute approximate surface area is 180 Å². The van der Waals surface area contributed by atoms with Crippen LogP contribution in [-0.4, -0.2) is 41.4 Å². The highest BCUT2D eigenvalue weighted by molar-refractivity contribution is 6.30. The molecule has 2 heterocycles. The van der Waals surface area contributed by atoms with Gasteiger partial charge in [0, 0.05) is 35.3 Å². The summed E-state index contributed by atoms with van der Waals surface area (Å²) < 4.78 is 13.2. The van der Waals surface area contributed by atoms with E-state index in [2.05, 4.69) is 27.7 Å². The van der Waals surface area contributed by atoms with E-state index >= 15 is 0 Å². The number of carbonyl (C=O) groups excluding carboxylic acids is 2. The first-order valence-electron chi connectivity index (χ1n) is 10.3. The number of amides is 2. The Morgan fingerprint density at radius 1 is 1.07 bits per heavy atom. The van der Waals surface area contributed by atoms with Crippen LogP contribution in [0.3, 0.4) is 0 Å². The van der Waals surface area contributed by atoms with Crippen LogP contribution in [0.15, 0.2) is 48.5 Å². The van der Waals surface area contributed by atoms with Crippen molar-refractivity contribution in [3.63, 3.8) is 0 Å². The molecule has 2 aliphatic heterocycles. The van der Waals surface area contributed by atoms with Gasteiger partial charge in [-0.1, -0.05) is 29.8 Å². The molecular weight excluding hydrogens is 405 g/mol. The van der Waals surface area contributed by atoms with E-state index in [-0.39, 0.29) is 24.1 Å². The summed E-state index contributed by atoms with van der Waals surface area (Å²) in [5, 5.41) is 6.36. The molecule has 2 aromatic carbocycles. The molecule has 2 bridgehead atoms. The number of hydrogen-bond donors (Lipinski definition) is 2. The predicted molar refractivity (Wildman–Crippen MR) is 114 cm³/mol. The second-order valence-electron chi connectivity index (χ2n) is 8.11. The Bertz CT molecular complexity index is 907. The second-order valence-corrected chi connectivity index (χ2v) is 8.55. The summed E-state index contributed by atoms with van der Waals surface area (Å²) in [6, 6.07) is 14.4. The third-order valence-electron chi connectivity index (χ3n) is 6.02. The molecule has 0 spiro atoms. The largest absolute Gasteiger partial charge is 0.352 e. The van der Waals surface area contributed by atoms with Gasteiger partial charge in [-0.25, -0.2) is 4.39 Å². The maximum absolute atomic E-state index is 13.2. The van der Waals surface area contributed by atoms with Gasteiger partial charge in [0.2, 0.25) is 5.91 Å². The van der Waals surface area contributed by atoms with Crippen molar-refractivity contribution < 1.29 is 14.0 Å². The van der Waals surface area contributed by atoms with E-state index in [0.717, 1.165) is 43.3 Å². The molecule has 7 heteroatoms. The minimum atomic E-state index is -0.479. The van der Waals surface area contributed by atoms with E-state index < -0.39 is 11.7 Å². The number of rotatable bonds is 6. The van der Waals surface area contributed by atoms with Crippen LogP contribution in [-0.2, 0) is 11.3 Å². The van der Waals surface area contributed by atoms with Crippen molar-refractivity contribution in [2.24, 2.45) is 0 Å². The van der Waals surface area contributed by atoms with Gasteiger partial charge in [0.1, 0.15) is 5.82 Å². The zero-order valence-electron chi connectivity index (χ0n) is 16.6. The van der Waals surface area contributed by atoms with Gasteiger partial charge in [0.15, 0.2) is 0 Å². The zero-order valence-corrected chi connectivity index (χ0v) is 17.4. The summed E-state index contributed by atoms with van der Waals surface area (Å²) in [4.78, 5) is 26.9. The number of fused-ring (bicyclic) bond motifs is 2. The molecule has 2 fully saturated rings. The Morgan fingerprint density at radius 3 is 2.43 bits per heavy atom. The summed E-state index contributed by atoms with van der Waals surface area (Å²) >= 11 is 5.98. The van der Waals surface area contributed by atoms with Crippen LogP contribution in [0.1, 0.15) is 41.6 Å². The minimum Gasteiger partial charge on any atom is -0.352 e. The fourth-order valence-electron chi connectivity index (χ4n) is 4.62. The van der Waals surface area contributed by atoms with E-state index in [0.29, 0.717) is 12.1 Å². The third-order valence-corrected chi connectivity index (χ3v) is 6.28. The zero-order chi connectivity index (χ0) is 21.1. The summed E-state index contributed by atoms with van der Waals surface area (Å²) in [6.07, 6.45) is 4.10. The molecule has 2 saturated heterocycles. The first kappa shape index (κ1) is 20.8. The maximum atomic E-state index is 13.2. The van der Waals surface area contributed by atoms with Gasteiger partial charge in [0.05, 0.1) is 6.54 Å². The molecule has 3 atom stereocenters. The van der Waals surface area contributed by atoms with Crippen molar-refractivity contribution in [1.82, 2.24) is 15.5 Å². The van der Waals surface area contributed by atoms with Crippen molar-refractivity contribution in [3.05, 3.63) is 70.5 Å². The van der Waals surface area contributed by atoms with E-state index in [1.54, 1.807) is 0 Å². The maximum Gasteiger partial charge on any atom is 0.251 e. The lowest BCUT2D eigenvalue weighted by atomic mass is 9.96. The molecule has 158 valence electrons. The fourth-order valence-corrected chi connectivity index (χ4v) is 4.75. The average molecular weight is 430 g/mol. The lowest BCUT2D eigenvalue weighted by Crippen LogP contribution is -2.51. The van der Waals surface area contributed by atoms with Gasteiger partial charge in [-0.15, -0.1) is 0 Å².